The Bertz CT molecular complexity index is 395. The quantitative estimate of drug-likeness (QED) is 0.853. The molecular weight excluding hydrogens is 235 g/mol. The molecule has 1 aliphatic rings. The third-order valence-electron chi connectivity index (χ3n) is 2.64. The lowest BCUT2D eigenvalue weighted by atomic mass is 10.1. The number of ether oxygens (including phenoxy) is 1. The predicted octanol–water partition coefficient (Wildman–Crippen LogP) is 1.63. The molecule has 94 valence electrons. The summed E-state index contributed by atoms with van der Waals surface area (Å²) in [5, 5.41) is 11.5. The second-order valence-corrected chi connectivity index (χ2v) is 3.87. The van der Waals surface area contributed by atoms with Crippen molar-refractivity contribution in [1.82, 2.24) is 5.32 Å². The van der Waals surface area contributed by atoms with E-state index in [4.69, 9.17) is 9.84 Å². The molecule has 0 amide bonds. The zero-order valence-corrected chi connectivity index (χ0v) is 8.87. The highest BCUT2D eigenvalue weighted by Crippen LogP contribution is 2.31. The van der Waals surface area contributed by atoms with Gasteiger partial charge in [0.1, 0.15) is 12.4 Å². The van der Waals surface area contributed by atoms with Crippen LogP contribution in [0.4, 0.5) is 13.2 Å². The normalized spacial score (nSPS) is 20.8. The number of aliphatic hydroxyl groups is 1. The number of rotatable bonds is 3. The van der Waals surface area contributed by atoms with E-state index < -0.39 is 18.8 Å². The van der Waals surface area contributed by atoms with Gasteiger partial charge < -0.3 is 15.2 Å². The van der Waals surface area contributed by atoms with Crippen LogP contribution in [0.1, 0.15) is 11.6 Å². The van der Waals surface area contributed by atoms with Gasteiger partial charge in [0, 0.05) is 12.1 Å². The fraction of sp³-hybridized carbons (Fsp3) is 0.455. The largest absolute Gasteiger partial charge is 0.491 e. The molecule has 0 aromatic heterocycles. The second kappa shape index (κ2) is 4.54. The lowest BCUT2D eigenvalue weighted by molar-refractivity contribution is -0.202. The van der Waals surface area contributed by atoms with E-state index in [1.54, 1.807) is 24.3 Å². The standard InChI is InChI=1S/C11H12F3NO2/c12-11(13,14)10(16)5-15-8-6-17-9-4-2-1-3-7(8)9/h1-4,8,10,15-16H,5-6H2. The van der Waals surface area contributed by atoms with Crippen LogP contribution in [0.3, 0.4) is 0 Å². The number of hydrogen-bond acceptors (Lipinski definition) is 3. The molecule has 2 unspecified atom stereocenters. The van der Waals surface area contributed by atoms with E-state index in [1.165, 1.54) is 0 Å². The van der Waals surface area contributed by atoms with E-state index in [1.807, 2.05) is 0 Å². The summed E-state index contributed by atoms with van der Waals surface area (Å²) in [5.74, 6) is 0.673. The predicted molar refractivity (Wildman–Crippen MR) is 54.7 cm³/mol. The number of para-hydroxylation sites is 1. The first-order valence-corrected chi connectivity index (χ1v) is 5.18. The summed E-state index contributed by atoms with van der Waals surface area (Å²) in [6.45, 7) is -0.254. The summed E-state index contributed by atoms with van der Waals surface area (Å²) < 4.78 is 41.6. The zero-order chi connectivity index (χ0) is 12.5. The van der Waals surface area contributed by atoms with Crippen LogP contribution in [0.2, 0.25) is 0 Å². The van der Waals surface area contributed by atoms with Crippen LogP contribution in [0.25, 0.3) is 0 Å². The molecule has 0 radical (unpaired) electrons. The first-order valence-electron chi connectivity index (χ1n) is 5.18. The molecule has 0 saturated carbocycles. The maximum absolute atomic E-state index is 12.1. The zero-order valence-electron chi connectivity index (χ0n) is 8.87. The lowest BCUT2D eigenvalue weighted by Crippen LogP contribution is -2.40. The van der Waals surface area contributed by atoms with Crippen LogP contribution in [-0.4, -0.2) is 30.5 Å². The SMILES string of the molecule is OC(CNC1COc2ccccc21)C(F)(F)F. The second-order valence-electron chi connectivity index (χ2n) is 3.87. The molecule has 2 rings (SSSR count). The van der Waals surface area contributed by atoms with Gasteiger partial charge in [0.2, 0.25) is 0 Å². The van der Waals surface area contributed by atoms with Crippen molar-refractivity contribution in [2.75, 3.05) is 13.2 Å². The van der Waals surface area contributed by atoms with Crippen molar-refractivity contribution in [3.63, 3.8) is 0 Å². The van der Waals surface area contributed by atoms with Crippen LogP contribution in [0.5, 0.6) is 5.75 Å². The van der Waals surface area contributed by atoms with E-state index in [0.29, 0.717) is 5.75 Å². The van der Waals surface area contributed by atoms with Crippen LogP contribution in [0, 0.1) is 0 Å². The highest BCUT2D eigenvalue weighted by molar-refractivity contribution is 5.39. The monoisotopic (exact) mass is 247 g/mol. The molecule has 1 heterocycles. The Kier molecular flexibility index (Phi) is 3.26. The average Bonchev–Trinajstić information content (AvgIpc) is 2.68. The van der Waals surface area contributed by atoms with E-state index in [0.717, 1.165) is 5.56 Å². The molecule has 17 heavy (non-hydrogen) atoms. The number of fused-ring (bicyclic) bond motifs is 1. The fourth-order valence-electron chi connectivity index (χ4n) is 1.70. The number of aliphatic hydroxyl groups excluding tert-OH is 1. The minimum atomic E-state index is -4.59. The van der Waals surface area contributed by atoms with Crippen molar-refractivity contribution in [1.29, 1.82) is 0 Å². The van der Waals surface area contributed by atoms with Gasteiger partial charge in [-0.05, 0) is 6.07 Å². The van der Waals surface area contributed by atoms with Crippen LogP contribution in [0.15, 0.2) is 24.3 Å². The van der Waals surface area contributed by atoms with Crippen molar-refractivity contribution in [2.24, 2.45) is 0 Å². The molecular formula is C11H12F3NO2. The first kappa shape index (κ1) is 12.2. The summed E-state index contributed by atoms with van der Waals surface area (Å²) in [7, 11) is 0. The van der Waals surface area contributed by atoms with Crippen molar-refractivity contribution < 1.29 is 23.0 Å². The van der Waals surface area contributed by atoms with Crippen molar-refractivity contribution in [3.05, 3.63) is 29.8 Å². The lowest BCUT2D eigenvalue weighted by Gasteiger charge is -2.17. The van der Waals surface area contributed by atoms with Crippen LogP contribution < -0.4 is 10.1 Å². The molecule has 1 aliphatic heterocycles. The first-order chi connectivity index (χ1) is 7.98. The van der Waals surface area contributed by atoms with Gasteiger partial charge in [-0.25, -0.2) is 0 Å². The van der Waals surface area contributed by atoms with Gasteiger partial charge in [-0.15, -0.1) is 0 Å². The molecule has 0 spiro atoms. The fourth-order valence-corrected chi connectivity index (χ4v) is 1.70. The van der Waals surface area contributed by atoms with Gasteiger partial charge in [-0.2, -0.15) is 13.2 Å². The molecule has 0 aliphatic carbocycles. The maximum Gasteiger partial charge on any atom is 0.415 e. The Morgan fingerprint density at radius 2 is 2.12 bits per heavy atom. The molecule has 1 aromatic carbocycles. The Morgan fingerprint density at radius 1 is 1.41 bits per heavy atom. The summed E-state index contributed by atoms with van der Waals surface area (Å²) in [4.78, 5) is 0. The molecule has 0 fully saturated rings. The van der Waals surface area contributed by atoms with Crippen LogP contribution in [-0.2, 0) is 0 Å². The molecule has 0 bridgehead atoms. The molecule has 3 nitrogen and oxygen atoms in total. The Balaban J connectivity index is 1.94. The Morgan fingerprint density at radius 3 is 2.82 bits per heavy atom. The van der Waals surface area contributed by atoms with Gasteiger partial charge in [0.25, 0.3) is 0 Å². The number of hydrogen-bond donors (Lipinski definition) is 2. The molecule has 2 atom stereocenters. The van der Waals surface area contributed by atoms with Gasteiger partial charge in [0.15, 0.2) is 6.10 Å². The molecule has 2 N–H and O–H groups in total. The van der Waals surface area contributed by atoms with Crippen molar-refractivity contribution in [3.8, 4) is 5.75 Å². The van der Waals surface area contributed by atoms with Gasteiger partial charge in [0.05, 0.1) is 6.04 Å². The minimum Gasteiger partial charge on any atom is -0.491 e. The number of halogens is 3. The van der Waals surface area contributed by atoms with Crippen molar-refractivity contribution >= 4 is 0 Å². The highest BCUT2D eigenvalue weighted by Gasteiger charge is 2.38. The number of nitrogens with one attached hydrogen (secondary N) is 1. The number of alkyl halides is 3. The summed E-state index contributed by atoms with van der Waals surface area (Å²) in [6.07, 6.45) is -6.94. The summed E-state index contributed by atoms with van der Waals surface area (Å²) >= 11 is 0. The van der Waals surface area contributed by atoms with Crippen molar-refractivity contribution in [2.45, 2.75) is 18.3 Å². The summed E-state index contributed by atoms with van der Waals surface area (Å²) in [5.41, 5.74) is 0.821. The third-order valence-corrected chi connectivity index (χ3v) is 2.64. The average molecular weight is 247 g/mol. The number of benzene rings is 1. The topological polar surface area (TPSA) is 41.5 Å². The highest BCUT2D eigenvalue weighted by atomic mass is 19.4. The van der Waals surface area contributed by atoms with Gasteiger partial charge in [-0.1, -0.05) is 18.2 Å². The Hall–Kier alpha value is -1.27. The van der Waals surface area contributed by atoms with E-state index in [9.17, 15) is 13.2 Å². The molecule has 1 aromatic rings. The van der Waals surface area contributed by atoms with Gasteiger partial charge in [-0.3, -0.25) is 0 Å². The maximum atomic E-state index is 12.1. The Labute approximate surface area is 96.2 Å². The smallest absolute Gasteiger partial charge is 0.415 e. The molecule has 6 heteroatoms. The summed E-state index contributed by atoms with van der Waals surface area (Å²) in [6, 6.07) is 6.84. The van der Waals surface area contributed by atoms with E-state index in [2.05, 4.69) is 5.32 Å². The van der Waals surface area contributed by atoms with Crippen LogP contribution >= 0.6 is 0 Å². The third kappa shape index (κ3) is 2.70. The van der Waals surface area contributed by atoms with E-state index in [-0.39, 0.29) is 12.6 Å². The molecule has 0 saturated heterocycles. The van der Waals surface area contributed by atoms with E-state index >= 15 is 0 Å². The van der Waals surface area contributed by atoms with Gasteiger partial charge >= 0.3 is 6.18 Å². The minimum absolute atomic E-state index is 0.282.